The number of benzene rings is 1. The minimum Gasteiger partial charge on any atom is -0.496 e. The van der Waals surface area contributed by atoms with Crippen LogP contribution in [0.25, 0.3) is 0 Å². The van der Waals surface area contributed by atoms with Crippen LogP contribution in [0, 0.1) is 17.8 Å². The smallest absolute Gasteiger partial charge is 0.187 e. The van der Waals surface area contributed by atoms with E-state index in [9.17, 15) is 0 Å². The number of hydrazone groups is 1. The van der Waals surface area contributed by atoms with Crippen molar-refractivity contribution in [2.45, 2.75) is 44.1 Å². The number of rotatable bonds is 4. The first-order valence-corrected chi connectivity index (χ1v) is 9.31. The molecular formula is C19H25N3OS. The first-order chi connectivity index (χ1) is 11.7. The van der Waals surface area contributed by atoms with Crippen LogP contribution >= 0.6 is 12.2 Å². The zero-order valence-electron chi connectivity index (χ0n) is 14.1. The van der Waals surface area contributed by atoms with Crippen LogP contribution in [0.3, 0.4) is 0 Å². The highest BCUT2D eigenvalue weighted by Gasteiger charge is 2.51. The molecule has 0 aromatic heterocycles. The molecule has 1 aromatic carbocycles. The number of hydrogen-bond donors (Lipinski definition) is 2. The molecule has 0 amide bonds. The fourth-order valence-corrected chi connectivity index (χ4v) is 5.74. The van der Waals surface area contributed by atoms with Crippen molar-refractivity contribution in [1.82, 2.24) is 10.7 Å². The van der Waals surface area contributed by atoms with Gasteiger partial charge >= 0.3 is 0 Å². The molecule has 128 valence electrons. The number of ether oxygens (including phenoxy) is 1. The molecular weight excluding hydrogens is 318 g/mol. The summed E-state index contributed by atoms with van der Waals surface area (Å²) < 4.78 is 5.33. The van der Waals surface area contributed by atoms with Gasteiger partial charge in [0.2, 0.25) is 0 Å². The van der Waals surface area contributed by atoms with Gasteiger partial charge in [0.15, 0.2) is 5.11 Å². The normalized spacial score (nSPS) is 33.6. The molecule has 0 aliphatic heterocycles. The SMILES string of the molecule is COc1ccccc1/C=N\NC(=S)NC12CC3CC(CC(C3)C1)C2. The molecule has 2 N–H and O–H groups in total. The van der Waals surface area contributed by atoms with Crippen molar-refractivity contribution in [2.75, 3.05) is 7.11 Å². The number of nitrogens with one attached hydrogen (secondary N) is 2. The highest BCUT2D eigenvalue weighted by atomic mass is 32.1. The van der Waals surface area contributed by atoms with Crippen LogP contribution in [-0.2, 0) is 0 Å². The Labute approximate surface area is 149 Å². The second-order valence-electron chi connectivity index (χ2n) is 7.76. The third-order valence-corrected chi connectivity index (χ3v) is 6.12. The maximum absolute atomic E-state index is 5.50. The summed E-state index contributed by atoms with van der Waals surface area (Å²) >= 11 is 5.50. The molecule has 4 aliphatic rings. The van der Waals surface area contributed by atoms with Crippen LogP contribution in [0.4, 0.5) is 0 Å². The first kappa shape index (κ1) is 15.9. The molecule has 4 fully saturated rings. The van der Waals surface area contributed by atoms with E-state index in [-0.39, 0.29) is 5.54 Å². The van der Waals surface area contributed by atoms with Gasteiger partial charge in [-0.15, -0.1) is 0 Å². The second-order valence-corrected chi connectivity index (χ2v) is 8.17. The van der Waals surface area contributed by atoms with Crippen molar-refractivity contribution in [2.24, 2.45) is 22.9 Å². The molecule has 0 spiro atoms. The zero-order chi connectivity index (χ0) is 16.6. The lowest BCUT2D eigenvalue weighted by Crippen LogP contribution is -2.61. The molecule has 4 nitrogen and oxygen atoms in total. The molecule has 5 heteroatoms. The van der Waals surface area contributed by atoms with Crippen LogP contribution in [-0.4, -0.2) is 24.0 Å². The van der Waals surface area contributed by atoms with Crippen molar-refractivity contribution in [3.05, 3.63) is 29.8 Å². The molecule has 0 atom stereocenters. The van der Waals surface area contributed by atoms with E-state index in [2.05, 4.69) is 15.8 Å². The van der Waals surface area contributed by atoms with Crippen LogP contribution in [0.5, 0.6) is 5.75 Å². The van der Waals surface area contributed by atoms with E-state index in [1.165, 1.54) is 38.5 Å². The Bertz CT molecular complexity index is 622. The minimum absolute atomic E-state index is 0.221. The highest BCUT2D eigenvalue weighted by Crippen LogP contribution is 2.55. The van der Waals surface area contributed by atoms with Crippen LogP contribution in [0.15, 0.2) is 29.4 Å². The Kier molecular flexibility index (Phi) is 4.21. The molecule has 0 radical (unpaired) electrons. The lowest BCUT2D eigenvalue weighted by Gasteiger charge is -2.57. The van der Waals surface area contributed by atoms with Crippen molar-refractivity contribution in [3.63, 3.8) is 0 Å². The molecule has 24 heavy (non-hydrogen) atoms. The van der Waals surface area contributed by atoms with Gasteiger partial charge in [-0.1, -0.05) is 12.1 Å². The highest BCUT2D eigenvalue weighted by molar-refractivity contribution is 7.80. The zero-order valence-corrected chi connectivity index (χ0v) is 14.9. The average Bonchev–Trinajstić information content (AvgIpc) is 2.53. The molecule has 4 saturated carbocycles. The van der Waals surface area contributed by atoms with Crippen LogP contribution < -0.4 is 15.5 Å². The third kappa shape index (κ3) is 3.14. The van der Waals surface area contributed by atoms with E-state index >= 15 is 0 Å². The summed E-state index contributed by atoms with van der Waals surface area (Å²) in [7, 11) is 1.67. The Balaban J connectivity index is 1.36. The molecule has 5 rings (SSSR count). The summed E-state index contributed by atoms with van der Waals surface area (Å²) in [6, 6.07) is 7.81. The van der Waals surface area contributed by atoms with E-state index in [1.807, 2.05) is 24.3 Å². The van der Waals surface area contributed by atoms with Gasteiger partial charge in [-0.3, -0.25) is 5.43 Å². The van der Waals surface area contributed by atoms with Gasteiger partial charge in [0.25, 0.3) is 0 Å². The topological polar surface area (TPSA) is 45.6 Å². The predicted octanol–water partition coefficient (Wildman–Crippen LogP) is 3.46. The van der Waals surface area contributed by atoms with Crippen molar-refractivity contribution in [3.8, 4) is 5.75 Å². The monoisotopic (exact) mass is 343 g/mol. The molecule has 1 aromatic rings. The van der Waals surface area contributed by atoms with E-state index < -0.39 is 0 Å². The van der Waals surface area contributed by atoms with Gasteiger partial charge in [0, 0.05) is 11.1 Å². The van der Waals surface area contributed by atoms with Crippen molar-refractivity contribution in [1.29, 1.82) is 0 Å². The molecule has 0 unspecified atom stereocenters. The number of hydrogen-bond acceptors (Lipinski definition) is 3. The van der Waals surface area contributed by atoms with Gasteiger partial charge in [-0.25, -0.2) is 0 Å². The maximum atomic E-state index is 5.50. The predicted molar refractivity (Wildman–Crippen MR) is 100 cm³/mol. The van der Waals surface area contributed by atoms with Crippen molar-refractivity contribution < 1.29 is 4.74 Å². The van der Waals surface area contributed by atoms with Gasteiger partial charge in [0.05, 0.1) is 13.3 Å². The minimum atomic E-state index is 0.221. The lowest BCUT2D eigenvalue weighted by molar-refractivity contribution is -0.0101. The Morgan fingerprint density at radius 2 is 1.79 bits per heavy atom. The lowest BCUT2D eigenvalue weighted by atomic mass is 9.53. The van der Waals surface area contributed by atoms with Crippen LogP contribution in [0.2, 0.25) is 0 Å². The summed E-state index contributed by atoms with van der Waals surface area (Å²) in [5.41, 5.74) is 4.15. The number of thiocarbonyl (C=S) groups is 1. The van der Waals surface area contributed by atoms with Gasteiger partial charge in [-0.2, -0.15) is 5.10 Å². The third-order valence-electron chi connectivity index (χ3n) is 5.93. The largest absolute Gasteiger partial charge is 0.496 e. The summed E-state index contributed by atoms with van der Waals surface area (Å²) in [4.78, 5) is 0. The summed E-state index contributed by atoms with van der Waals surface area (Å²) in [6.07, 6.45) is 9.89. The average molecular weight is 343 g/mol. The van der Waals surface area contributed by atoms with Crippen LogP contribution in [0.1, 0.15) is 44.1 Å². The standard InChI is InChI=1S/C19H25N3OS/c1-23-17-5-3-2-4-16(17)12-20-22-18(24)21-19-9-13-6-14(10-19)8-15(7-13)11-19/h2-5,12-15H,6-11H2,1H3,(H2,21,22,24)/b20-12-. The van der Waals surface area contributed by atoms with Crippen molar-refractivity contribution >= 4 is 23.5 Å². The fraction of sp³-hybridized carbons (Fsp3) is 0.579. The fourth-order valence-electron chi connectivity index (χ4n) is 5.47. The number of para-hydroxylation sites is 1. The Morgan fingerprint density at radius 3 is 2.42 bits per heavy atom. The van der Waals surface area contributed by atoms with E-state index in [1.54, 1.807) is 13.3 Å². The quantitative estimate of drug-likeness (QED) is 0.499. The van der Waals surface area contributed by atoms with Gasteiger partial charge in [-0.05, 0) is 80.6 Å². The van der Waals surface area contributed by atoms with E-state index in [4.69, 9.17) is 17.0 Å². The van der Waals surface area contributed by atoms with Gasteiger partial charge in [0.1, 0.15) is 5.75 Å². The Morgan fingerprint density at radius 1 is 1.17 bits per heavy atom. The van der Waals surface area contributed by atoms with E-state index in [0.717, 1.165) is 29.1 Å². The summed E-state index contributed by atoms with van der Waals surface area (Å²) in [5.74, 6) is 3.53. The molecule has 4 bridgehead atoms. The Hall–Kier alpha value is -1.62. The molecule has 0 saturated heterocycles. The summed E-state index contributed by atoms with van der Waals surface area (Å²) in [6.45, 7) is 0. The molecule has 0 heterocycles. The maximum Gasteiger partial charge on any atom is 0.187 e. The van der Waals surface area contributed by atoms with E-state index in [0.29, 0.717) is 5.11 Å². The first-order valence-electron chi connectivity index (χ1n) is 8.90. The van der Waals surface area contributed by atoms with Gasteiger partial charge < -0.3 is 10.1 Å². The number of methoxy groups -OCH3 is 1. The number of nitrogens with zero attached hydrogens (tertiary/aromatic N) is 1. The second kappa shape index (κ2) is 6.36. The molecule has 4 aliphatic carbocycles. The summed E-state index contributed by atoms with van der Waals surface area (Å²) in [5, 5.41) is 8.55.